The number of nitrogen functional groups attached to an aromatic ring is 1. The van der Waals surface area contributed by atoms with Crippen molar-refractivity contribution in [2.75, 3.05) is 24.7 Å². The van der Waals surface area contributed by atoms with Crippen LogP contribution in [-0.4, -0.2) is 25.8 Å². The molecule has 1 rings (SSSR count). The van der Waals surface area contributed by atoms with E-state index in [2.05, 4.69) is 10.6 Å². The summed E-state index contributed by atoms with van der Waals surface area (Å²) in [6, 6.07) is 6.74. The van der Waals surface area contributed by atoms with Gasteiger partial charge in [-0.05, 0) is 25.1 Å². The summed E-state index contributed by atoms with van der Waals surface area (Å²) in [5, 5.41) is 5.36. The average Bonchev–Trinajstić information content (AvgIpc) is 2.26. The minimum Gasteiger partial charge on any atom is -0.399 e. The number of nitrogens with one attached hydrogen (secondary N) is 2. The van der Waals surface area contributed by atoms with Crippen LogP contribution in [0.5, 0.6) is 0 Å². The van der Waals surface area contributed by atoms with Gasteiger partial charge in [-0.3, -0.25) is 0 Å². The topological polar surface area (TPSA) is 76.4 Å². The van der Waals surface area contributed by atoms with Crippen LogP contribution in [0.4, 0.5) is 16.2 Å². The summed E-state index contributed by atoms with van der Waals surface area (Å²) in [4.78, 5) is 11.4. The first-order valence-electron chi connectivity index (χ1n) is 5.05. The molecule has 0 spiro atoms. The number of carbonyl (C=O) groups is 1. The molecule has 16 heavy (non-hydrogen) atoms. The Morgan fingerprint density at radius 1 is 1.56 bits per heavy atom. The Hall–Kier alpha value is -1.75. The summed E-state index contributed by atoms with van der Waals surface area (Å²) in [5.74, 6) is 0. The Kier molecular flexibility index (Phi) is 4.60. The maximum atomic E-state index is 11.4. The van der Waals surface area contributed by atoms with Gasteiger partial charge in [0.05, 0.1) is 6.10 Å². The summed E-state index contributed by atoms with van der Waals surface area (Å²) in [7, 11) is 1.60. The lowest BCUT2D eigenvalue weighted by Gasteiger charge is -2.11. The predicted octanol–water partition coefficient (Wildman–Crippen LogP) is 1.43. The van der Waals surface area contributed by atoms with Crippen molar-refractivity contribution < 1.29 is 9.53 Å². The van der Waals surface area contributed by atoms with Crippen LogP contribution in [0.25, 0.3) is 0 Å². The normalized spacial score (nSPS) is 11.9. The summed E-state index contributed by atoms with van der Waals surface area (Å²) in [6.45, 7) is 2.34. The minimum atomic E-state index is -0.269. The summed E-state index contributed by atoms with van der Waals surface area (Å²) in [5.41, 5.74) is 6.87. The van der Waals surface area contributed by atoms with Gasteiger partial charge in [-0.2, -0.15) is 0 Å². The van der Waals surface area contributed by atoms with Gasteiger partial charge in [-0.25, -0.2) is 4.79 Å². The minimum absolute atomic E-state index is 0.00778. The molecule has 0 bridgehead atoms. The largest absolute Gasteiger partial charge is 0.399 e. The third-order valence-corrected chi connectivity index (χ3v) is 2.10. The quantitative estimate of drug-likeness (QED) is 0.676. The lowest BCUT2D eigenvalue weighted by atomic mass is 10.3. The monoisotopic (exact) mass is 223 g/mol. The third kappa shape index (κ3) is 4.18. The molecule has 5 heteroatoms. The van der Waals surface area contributed by atoms with E-state index in [0.717, 1.165) is 0 Å². The van der Waals surface area contributed by atoms with E-state index in [-0.39, 0.29) is 12.1 Å². The average molecular weight is 223 g/mol. The first-order valence-corrected chi connectivity index (χ1v) is 5.05. The van der Waals surface area contributed by atoms with Crippen LogP contribution in [0.15, 0.2) is 24.3 Å². The molecule has 0 fully saturated rings. The van der Waals surface area contributed by atoms with Crippen molar-refractivity contribution >= 4 is 17.4 Å². The molecule has 1 aromatic carbocycles. The van der Waals surface area contributed by atoms with E-state index in [1.54, 1.807) is 31.4 Å². The zero-order chi connectivity index (χ0) is 12.0. The second kappa shape index (κ2) is 5.97. The molecule has 5 nitrogen and oxygen atoms in total. The van der Waals surface area contributed by atoms with Crippen LogP contribution in [0, 0.1) is 0 Å². The first kappa shape index (κ1) is 12.3. The molecule has 88 valence electrons. The number of urea groups is 1. The van der Waals surface area contributed by atoms with Crippen molar-refractivity contribution in [1.82, 2.24) is 5.32 Å². The molecular weight excluding hydrogens is 206 g/mol. The second-order valence-corrected chi connectivity index (χ2v) is 3.51. The number of amides is 2. The highest BCUT2D eigenvalue weighted by molar-refractivity contribution is 5.89. The van der Waals surface area contributed by atoms with Crippen molar-refractivity contribution in [3.05, 3.63) is 24.3 Å². The van der Waals surface area contributed by atoms with Crippen molar-refractivity contribution in [1.29, 1.82) is 0 Å². The highest BCUT2D eigenvalue weighted by Crippen LogP contribution is 2.11. The molecule has 0 radical (unpaired) electrons. The lowest BCUT2D eigenvalue weighted by Crippen LogP contribution is -2.34. The van der Waals surface area contributed by atoms with Crippen LogP contribution < -0.4 is 16.4 Å². The SMILES string of the molecule is COC(C)CNC(=O)Nc1cccc(N)c1. The van der Waals surface area contributed by atoms with E-state index in [1.165, 1.54) is 0 Å². The fourth-order valence-electron chi connectivity index (χ4n) is 1.11. The molecule has 2 amide bonds. The highest BCUT2D eigenvalue weighted by Gasteiger charge is 2.04. The summed E-state index contributed by atoms with van der Waals surface area (Å²) >= 11 is 0. The number of hydrogen-bond acceptors (Lipinski definition) is 3. The van der Waals surface area contributed by atoms with Crippen LogP contribution in [0.2, 0.25) is 0 Å². The fourth-order valence-corrected chi connectivity index (χ4v) is 1.11. The van der Waals surface area contributed by atoms with Gasteiger partial charge in [0, 0.05) is 25.0 Å². The maximum Gasteiger partial charge on any atom is 0.319 e. The summed E-state index contributed by atoms with van der Waals surface area (Å²) < 4.78 is 5.01. The van der Waals surface area contributed by atoms with E-state index >= 15 is 0 Å². The molecule has 1 unspecified atom stereocenters. The van der Waals surface area contributed by atoms with Crippen molar-refractivity contribution in [3.63, 3.8) is 0 Å². The molecule has 4 N–H and O–H groups in total. The predicted molar refractivity (Wildman–Crippen MR) is 64.3 cm³/mol. The van der Waals surface area contributed by atoms with E-state index in [0.29, 0.717) is 17.9 Å². The van der Waals surface area contributed by atoms with Crippen LogP contribution in [-0.2, 0) is 4.74 Å². The second-order valence-electron chi connectivity index (χ2n) is 3.51. The van der Waals surface area contributed by atoms with E-state index in [1.807, 2.05) is 6.92 Å². The maximum absolute atomic E-state index is 11.4. The number of anilines is 2. The number of hydrogen-bond donors (Lipinski definition) is 3. The molecule has 0 aliphatic rings. The highest BCUT2D eigenvalue weighted by atomic mass is 16.5. The van der Waals surface area contributed by atoms with Gasteiger partial charge in [0.1, 0.15) is 0 Å². The number of rotatable bonds is 4. The Morgan fingerprint density at radius 3 is 2.94 bits per heavy atom. The van der Waals surface area contributed by atoms with Gasteiger partial charge in [0.15, 0.2) is 0 Å². The van der Waals surface area contributed by atoms with E-state index in [4.69, 9.17) is 10.5 Å². The van der Waals surface area contributed by atoms with Gasteiger partial charge >= 0.3 is 6.03 Å². The van der Waals surface area contributed by atoms with Crippen LogP contribution >= 0.6 is 0 Å². The number of nitrogens with two attached hydrogens (primary N) is 1. The van der Waals surface area contributed by atoms with Crippen molar-refractivity contribution in [2.45, 2.75) is 13.0 Å². The van der Waals surface area contributed by atoms with Gasteiger partial charge in [-0.15, -0.1) is 0 Å². The molecule has 0 heterocycles. The molecule has 0 saturated carbocycles. The van der Waals surface area contributed by atoms with Crippen molar-refractivity contribution in [2.24, 2.45) is 0 Å². The zero-order valence-corrected chi connectivity index (χ0v) is 9.49. The fraction of sp³-hybridized carbons (Fsp3) is 0.364. The first-order chi connectivity index (χ1) is 7.61. The number of ether oxygens (including phenoxy) is 1. The molecule has 0 aromatic heterocycles. The van der Waals surface area contributed by atoms with Gasteiger partial charge < -0.3 is 21.1 Å². The zero-order valence-electron chi connectivity index (χ0n) is 9.49. The Labute approximate surface area is 95.0 Å². The smallest absolute Gasteiger partial charge is 0.319 e. The van der Waals surface area contributed by atoms with Gasteiger partial charge in [0.25, 0.3) is 0 Å². The lowest BCUT2D eigenvalue weighted by molar-refractivity contribution is 0.119. The van der Waals surface area contributed by atoms with E-state index < -0.39 is 0 Å². The van der Waals surface area contributed by atoms with Crippen LogP contribution in [0.1, 0.15) is 6.92 Å². The number of carbonyl (C=O) groups excluding carboxylic acids is 1. The molecule has 0 saturated heterocycles. The van der Waals surface area contributed by atoms with E-state index in [9.17, 15) is 4.79 Å². The molecular formula is C11H17N3O2. The van der Waals surface area contributed by atoms with Gasteiger partial charge in [-0.1, -0.05) is 6.07 Å². The number of methoxy groups -OCH3 is 1. The van der Waals surface area contributed by atoms with Gasteiger partial charge in [0.2, 0.25) is 0 Å². The number of benzene rings is 1. The molecule has 0 aliphatic carbocycles. The summed E-state index contributed by atoms with van der Waals surface area (Å²) in [6.07, 6.45) is -0.00778. The Morgan fingerprint density at radius 2 is 2.31 bits per heavy atom. The third-order valence-electron chi connectivity index (χ3n) is 2.10. The standard InChI is InChI=1S/C11H17N3O2/c1-8(16-2)7-13-11(15)14-10-5-3-4-9(12)6-10/h3-6,8H,7,12H2,1-2H3,(H2,13,14,15). The Bertz CT molecular complexity index is 355. The van der Waals surface area contributed by atoms with Crippen LogP contribution in [0.3, 0.4) is 0 Å². The molecule has 1 aromatic rings. The van der Waals surface area contributed by atoms with Crippen molar-refractivity contribution in [3.8, 4) is 0 Å². The molecule has 0 aliphatic heterocycles. The Balaban J connectivity index is 2.40. The molecule has 1 atom stereocenters.